The monoisotopic (exact) mass is 424 g/mol. The largest absolute Gasteiger partial charge is 0.489 e. The average Bonchev–Trinajstić information content (AvgIpc) is 2.80. The maximum Gasteiger partial charge on any atom is 0.270 e. The molecule has 0 radical (unpaired) electrons. The second-order valence-electron chi connectivity index (χ2n) is 8.19. The highest BCUT2D eigenvalue weighted by molar-refractivity contribution is 6.46. The SMILES string of the molecule is CN=C(C(=O)NCC(C)(C)N1CCOCC1)c1cc(OCc2ccccc2)ccc1N. The number of carbonyl (C=O) groups is 1. The van der Waals surface area contributed by atoms with Crippen LogP contribution in [-0.4, -0.2) is 62.0 Å². The number of amides is 1. The Morgan fingerprint density at radius 2 is 1.90 bits per heavy atom. The number of carbonyl (C=O) groups excluding carboxylic acids is 1. The van der Waals surface area contributed by atoms with Crippen molar-refractivity contribution < 1.29 is 14.3 Å². The molecule has 31 heavy (non-hydrogen) atoms. The predicted octanol–water partition coefficient (Wildman–Crippen LogP) is 2.49. The van der Waals surface area contributed by atoms with Crippen molar-refractivity contribution in [2.45, 2.75) is 26.0 Å². The summed E-state index contributed by atoms with van der Waals surface area (Å²) in [7, 11) is 1.60. The molecule has 0 spiro atoms. The molecule has 0 aromatic heterocycles. The van der Waals surface area contributed by atoms with Crippen molar-refractivity contribution in [3.63, 3.8) is 0 Å². The molecule has 0 unspecified atom stereocenters. The Morgan fingerprint density at radius 3 is 2.58 bits per heavy atom. The average molecular weight is 425 g/mol. The number of hydrogen-bond donors (Lipinski definition) is 2. The van der Waals surface area contributed by atoms with Gasteiger partial charge in [-0.1, -0.05) is 30.3 Å². The molecule has 0 atom stereocenters. The van der Waals surface area contributed by atoms with Crippen molar-refractivity contribution in [3.05, 3.63) is 59.7 Å². The first-order chi connectivity index (χ1) is 14.9. The fourth-order valence-electron chi connectivity index (χ4n) is 3.58. The minimum atomic E-state index is -0.254. The zero-order valence-corrected chi connectivity index (χ0v) is 18.6. The summed E-state index contributed by atoms with van der Waals surface area (Å²) in [5, 5.41) is 3.03. The van der Waals surface area contributed by atoms with E-state index in [4.69, 9.17) is 15.2 Å². The van der Waals surface area contributed by atoms with Crippen LogP contribution < -0.4 is 15.8 Å². The molecule has 1 amide bonds. The van der Waals surface area contributed by atoms with Crippen LogP contribution in [-0.2, 0) is 16.1 Å². The fraction of sp³-hybridized carbons (Fsp3) is 0.417. The highest BCUT2D eigenvalue weighted by atomic mass is 16.5. The summed E-state index contributed by atoms with van der Waals surface area (Å²) in [5.74, 6) is 0.381. The number of nitrogens with zero attached hydrogens (tertiary/aromatic N) is 2. The van der Waals surface area contributed by atoms with Gasteiger partial charge in [0.2, 0.25) is 0 Å². The Bertz CT molecular complexity index is 906. The van der Waals surface area contributed by atoms with Crippen molar-refractivity contribution in [1.82, 2.24) is 10.2 Å². The summed E-state index contributed by atoms with van der Waals surface area (Å²) < 4.78 is 11.3. The molecule has 1 aliphatic rings. The first-order valence-corrected chi connectivity index (χ1v) is 10.5. The molecule has 2 aromatic rings. The number of nitrogens with one attached hydrogen (secondary N) is 1. The lowest BCUT2D eigenvalue weighted by atomic mass is 10.0. The van der Waals surface area contributed by atoms with E-state index < -0.39 is 0 Å². The predicted molar refractivity (Wildman–Crippen MR) is 124 cm³/mol. The second-order valence-corrected chi connectivity index (χ2v) is 8.19. The number of morpholine rings is 1. The van der Waals surface area contributed by atoms with Gasteiger partial charge in [0.15, 0.2) is 0 Å². The molecule has 166 valence electrons. The van der Waals surface area contributed by atoms with Gasteiger partial charge in [0.1, 0.15) is 18.1 Å². The van der Waals surface area contributed by atoms with Gasteiger partial charge in [-0.2, -0.15) is 0 Å². The van der Waals surface area contributed by atoms with Crippen LogP contribution in [0.15, 0.2) is 53.5 Å². The molecular weight excluding hydrogens is 392 g/mol. The van der Waals surface area contributed by atoms with Crippen LogP contribution in [0.2, 0.25) is 0 Å². The Morgan fingerprint density at radius 1 is 1.19 bits per heavy atom. The molecule has 7 nitrogen and oxygen atoms in total. The Labute approximate surface area is 184 Å². The number of benzene rings is 2. The van der Waals surface area contributed by atoms with E-state index in [1.807, 2.05) is 30.3 Å². The molecule has 7 heteroatoms. The van der Waals surface area contributed by atoms with Crippen LogP contribution in [0.25, 0.3) is 0 Å². The maximum atomic E-state index is 13.0. The molecule has 0 saturated carbocycles. The molecule has 2 aromatic carbocycles. The molecule has 0 bridgehead atoms. The molecule has 1 heterocycles. The summed E-state index contributed by atoms with van der Waals surface area (Å²) in [5.41, 5.74) is 8.38. The highest BCUT2D eigenvalue weighted by Crippen LogP contribution is 2.22. The summed E-state index contributed by atoms with van der Waals surface area (Å²) >= 11 is 0. The number of ether oxygens (including phenoxy) is 2. The zero-order valence-electron chi connectivity index (χ0n) is 18.6. The van der Waals surface area contributed by atoms with Gasteiger partial charge < -0.3 is 20.5 Å². The van der Waals surface area contributed by atoms with Crippen molar-refractivity contribution in [2.24, 2.45) is 4.99 Å². The van der Waals surface area contributed by atoms with Crippen LogP contribution in [0, 0.1) is 0 Å². The summed E-state index contributed by atoms with van der Waals surface area (Å²) in [4.78, 5) is 19.5. The van der Waals surface area contributed by atoms with Crippen LogP contribution in [0.3, 0.4) is 0 Å². The Hall–Kier alpha value is -2.90. The number of anilines is 1. The van der Waals surface area contributed by atoms with Crippen molar-refractivity contribution >= 4 is 17.3 Å². The van der Waals surface area contributed by atoms with E-state index in [2.05, 4.69) is 29.1 Å². The third-order valence-corrected chi connectivity index (χ3v) is 5.52. The van der Waals surface area contributed by atoms with E-state index in [1.165, 1.54) is 0 Å². The van der Waals surface area contributed by atoms with Gasteiger partial charge in [0, 0.05) is 43.5 Å². The van der Waals surface area contributed by atoms with Crippen molar-refractivity contribution in [2.75, 3.05) is 45.6 Å². The van der Waals surface area contributed by atoms with Crippen LogP contribution in [0.5, 0.6) is 5.75 Å². The number of hydrogen-bond acceptors (Lipinski definition) is 6. The van der Waals surface area contributed by atoms with Gasteiger partial charge in [-0.3, -0.25) is 14.7 Å². The smallest absolute Gasteiger partial charge is 0.270 e. The third kappa shape index (κ3) is 6.06. The number of nitrogen functional groups attached to an aromatic ring is 1. The summed E-state index contributed by atoms with van der Waals surface area (Å²) in [6.45, 7) is 8.30. The van der Waals surface area contributed by atoms with E-state index in [0.29, 0.717) is 49.1 Å². The van der Waals surface area contributed by atoms with Crippen molar-refractivity contribution in [1.29, 1.82) is 0 Å². The van der Waals surface area contributed by atoms with E-state index in [1.54, 1.807) is 25.2 Å². The summed E-state index contributed by atoms with van der Waals surface area (Å²) in [6, 6.07) is 15.2. The van der Waals surface area contributed by atoms with Gasteiger partial charge in [0.25, 0.3) is 5.91 Å². The fourth-order valence-corrected chi connectivity index (χ4v) is 3.58. The summed E-state index contributed by atoms with van der Waals surface area (Å²) in [6.07, 6.45) is 0. The van der Waals surface area contributed by atoms with E-state index >= 15 is 0 Å². The van der Waals surface area contributed by atoms with Gasteiger partial charge in [-0.05, 0) is 37.6 Å². The molecule has 1 fully saturated rings. The van der Waals surface area contributed by atoms with E-state index in [0.717, 1.165) is 18.7 Å². The van der Waals surface area contributed by atoms with Crippen molar-refractivity contribution in [3.8, 4) is 5.75 Å². The maximum absolute atomic E-state index is 13.0. The Balaban J connectivity index is 1.67. The highest BCUT2D eigenvalue weighted by Gasteiger charge is 2.29. The minimum Gasteiger partial charge on any atom is -0.489 e. The lowest BCUT2D eigenvalue weighted by molar-refractivity contribution is -0.115. The molecule has 0 aliphatic carbocycles. The second kappa shape index (κ2) is 10.4. The third-order valence-electron chi connectivity index (χ3n) is 5.52. The molecular formula is C24H32N4O3. The van der Waals surface area contributed by atoms with Gasteiger partial charge >= 0.3 is 0 Å². The zero-order chi connectivity index (χ0) is 22.3. The minimum absolute atomic E-state index is 0.190. The molecule has 1 saturated heterocycles. The van der Waals surface area contributed by atoms with E-state index in [-0.39, 0.29) is 11.4 Å². The van der Waals surface area contributed by atoms with Crippen LogP contribution in [0.4, 0.5) is 5.69 Å². The van der Waals surface area contributed by atoms with Gasteiger partial charge in [0.05, 0.1) is 13.2 Å². The lowest BCUT2D eigenvalue weighted by Crippen LogP contribution is -2.56. The standard InChI is InChI=1S/C24H32N4O3/c1-24(2,28-11-13-30-14-12-28)17-27-23(29)22(26-3)20-15-19(9-10-21(20)25)31-16-18-7-5-4-6-8-18/h4-10,15H,11-14,16-17,25H2,1-3H3,(H,27,29). The first-order valence-electron chi connectivity index (χ1n) is 10.5. The Kier molecular flexibility index (Phi) is 7.65. The van der Waals surface area contributed by atoms with E-state index in [9.17, 15) is 4.79 Å². The molecule has 3 N–H and O–H groups in total. The van der Waals surface area contributed by atoms with Crippen LogP contribution in [0.1, 0.15) is 25.0 Å². The topological polar surface area (TPSA) is 89.2 Å². The normalized spacial score (nSPS) is 15.5. The number of aliphatic imine (C=N–C) groups is 1. The van der Waals surface area contributed by atoms with Gasteiger partial charge in [-0.15, -0.1) is 0 Å². The number of nitrogens with two attached hydrogens (primary N) is 1. The number of rotatable bonds is 8. The molecule has 3 rings (SSSR count). The van der Waals surface area contributed by atoms with Crippen LogP contribution >= 0.6 is 0 Å². The lowest BCUT2D eigenvalue weighted by Gasteiger charge is -2.40. The van der Waals surface area contributed by atoms with Gasteiger partial charge in [-0.25, -0.2) is 0 Å². The molecule has 1 aliphatic heterocycles. The quantitative estimate of drug-likeness (QED) is 0.502. The first kappa shape index (κ1) is 22.8.